The lowest BCUT2D eigenvalue weighted by atomic mass is 10.1. The molecule has 3 rings (SSSR count). The van der Waals surface area contributed by atoms with E-state index >= 15 is 0 Å². The van der Waals surface area contributed by atoms with E-state index in [0.717, 1.165) is 43.6 Å². The van der Waals surface area contributed by atoms with Gasteiger partial charge in [-0.15, -0.1) is 12.4 Å². The fourth-order valence-corrected chi connectivity index (χ4v) is 2.86. The summed E-state index contributed by atoms with van der Waals surface area (Å²) in [7, 11) is 0. The number of amides is 1. The standard InChI is InChI=1S/C17H22N4O.ClH/c1-2-13-6-3-4-8-15(13)19-17(22)16-9-11-21(20-16)14-7-5-10-18-12-14;/h3-4,6,8-9,11,14,18H,2,5,7,10,12H2,1H3,(H,19,22);1H. The quantitative estimate of drug-likeness (QED) is 0.903. The van der Waals surface area contributed by atoms with Crippen molar-refractivity contribution in [3.63, 3.8) is 0 Å². The number of para-hydroxylation sites is 1. The maximum Gasteiger partial charge on any atom is 0.276 e. The van der Waals surface area contributed by atoms with Crippen molar-refractivity contribution in [2.75, 3.05) is 18.4 Å². The molecule has 1 amide bonds. The number of hydrogen-bond acceptors (Lipinski definition) is 3. The van der Waals surface area contributed by atoms with Gasteiger partial charge in [0.05, 0.1) is 6.04 Å². The van der Waals surface area contributed by atoms with Crippen molar-refractivity contribution in [2.45, 2.75) is 32.2 Å². The predicted molar refractivity (Wildman–Crippen MR) is 94.4 cm³/mol. The van der Waals surface area contributed by atoms with E-state index in [1.807, 2.05) is 35.1 Å². The second kappa shape index (κ2) is 8.13. The number of aromatic nitrogens is 2. The highest BCUT2D eigenvalue weighted by Gasteiger charge is 2.18. The zero-order chi connectivity index (χ0) is 15.4. The molecule has 1 unspecified atom stereocenters. The number of anilines is 1. The van der Waals surface area contributed by atoms with Gasteiger partial charge in [0.1, 0.15) is 0 Å². The van der Waals surface area contributed by atoms with Gasteiger partial charge in [0.25, 0.3) is 5.91 Å². The Balaban J connectivity index is 0.00000192. The normalized spacial score (nSPS) is 17.3. The first-order valence-corrected chi connectivity index (χ1v) is 7.93. The van der Waals surface area contributed by atoms with Crippen LogP contribution in [0.4, 0.5) is 5.69 Å². The molecule has 1 saturated heterocycles. The van der Waals surface area contributed by atoms with E-state index in [2.05, 4.69) is 22.7 Å². The number of nitrogens with zero attached hydrogens (tertiary/aromatic N) is 2. The third-order valence-electron chi connectivity index (χ3n) is 4.13. The number of hydrogen-bond donors (Lipinski definition) is 2. The van der Waals surface area contributed by atoms with Crippen LogP contribution in [0.5, 0.6) is 0 Å². The Morgan fingerprint density at radius 1 is 1.39 bits per heavy atom. The lowest BCUT2D eigenvalue weighted by Gasteiger charge is -2.22. The number of rotatable bonds is 4. The zero-order valence-electron chi connectivity index (χ0n) is 13.3. The fraction of sp³-hybridized carbons (Fsp3) is 0.412. The van der Waals surface area contributed by atoms with Crippen molar-refractivity contribution >= 4 is 24.0 Å². The third kappa shape index (κ3) is 4.12. The molecule has 0 radical (unpaired) electrons. The highest BCUT2D eigenvalue weighted by atomic mass is 35.5. The van der Waals surface area contributed by atoms with Gasteiger partial charge in [0.15, 0.2) is 5.69 Å². The molecule has 0 bridgehead atoms. The van der Waals surface area contributed by atoms with Crippen LogP contribution in [0.3, 0.4) is 0 Å². The summed E-state index contributed by atoms with van der Waals surface area (Å²) in [4.78, 5) is 12.4. The molecule has 1 aliphatic heterocycles. The van der Waals surface area contributed by atoms with Crippen molar-refractivity contribution in [1.82, 2.24) is 15.1 Å². The Labute approximate surface area is 142 Å². The number of benzene rings is 1. The van der Waals surface area contributed by atoms with Gasteiger partial charge in [-0.3, -0.25) is 9.48 Å². The predicted octanol–water partition coefficient (Wildman–Crippen LogP) is 3.04. The highest BCUT2D eigenvalue weighted by molar-refractivity contribution is 6.03. The van der Waals surface area contributed by atoms with Gasteiger partial charge >= 0.3 is 0 Å². The third-order valence-corrected chi connectivity index (χ3v) is 4.13. The lowest BCUT2D eigenvalue weighted by Crippen LogP contribution is -2.32. The average Bonchev–Trinajstić information content (AvgIpc) is 3.06. The van der Waals surface area contributed by atoms with Crippen LogP contribution in [0.15, 0.2) is 36.5 Å². The Morgan fingerprint density at radius 3 is 2.96 bits per heavy atom. The SMILES string of the molecule is CCc1ccccc1NC(=O)c1ccn(C2CCCNC2)n1.Cl. The van der Waals surface area contributed by atoms with Gasteiger partial charge < -0.3 is 10.6 Å². The van der Waals surface area contributed by atoms with Crippen molar-refractivity contribution in [3.05, 3.63) is 47.8 Å². The minimum Gasteiger partial charge on any atom is -0.320 e. The minimum atomic E-state index is -0.150. The van der Waals surface area contributed by atoms with Crippen LogP contribution in [-0.4, -0.2) is 28.8 Å². The maximum atomic E-state index is 12.4. The minimum absolute atomic E-state index is 0. The summed E-state index contributed by atoms with van der Waals surface area (Å²) < 4.78 is 1.91. The molecule has 1 fully saturated rings. The fourth-order valence-electron chi connectivity index (χ4n) is 2.86. The van der Waals surface area contributed by atoms with Gasteiger partial charge in [-0.25, -0.2) is 0 Å². The van der Waals surface area contributed by atoms with Gasteiger partial charge in [-0.1, -0.05) is 25.1 Å². The molecular weight excluding hydrogens is 312 g/mol. The van der Waals surface area contributed by atoms with Gasteiger partial charge in [0.2, 0.25) is 0 Å². The summed E-state index contributed by atoms with van der Waals surface area (Å²) in [6.45, 7) is 4.07. The molecular formula is C17H23ClN4O. The second-order valence-electron chi connectivity index (χ2n) is 5.65. The van der Waals surface area contributed by atoms with E-state index in [1.165, 1.54) is 0 Å². The first kappa shape index (κ1) is 17.5. The molecule has 2 heterocycles. The van der Waals surface area contributed by atoms with Gasteiger partial charge in [0, 0.05) is 18.4 Å². The molecule has 0 aliphatic carbocycles. The van der Waals surface area contributed by atoms with Crippen LogP contribution >= 0.6 is 12.4 Å². The van der Waals surface area contributed by atoms with Crippen molar-refractivity contribution in [2.24, 2.45) is 0 Å². The molecule has 5 nitrogen and oxygen atoms in total. The first-order chi connectivity index (χ1) is 10.8. The molecule has 1 atom stereocenters. The molecule has 0 spiro atoms. The number of nitrogens with one attached hydrogen (secondary N) is 2. The number of carbonyl (C=O) groups excluding carboxylic acids is 1. The van der Waals surface area contributed by atoms with Gasteiger partial charge in [-0.2, -0.15) is 5.10 Å². The van der Waals surface area contributed by atoms with E-state index in [0.29, 0.717) is 11.7 Å². The maximum absolute atomic E-state index is 12.4. The summed E-state index contributed by atoms with van der Waals surface area (Å²) in [6, 6.07) is 10.0. The number of piperidine rings is 1. The lowest BCUT2D eigenvalue weighted by molar-refractivity contribution is 0.102. The summed E-state index contributed by atoms with van der Waals surface area (Å²) in [6.07, 6.45) is 5.04. The monoisotopic (exact) mass is 334 g/mol. The number of halogens is 1. The largest absolute Gasteiger partial charge is 0.320 e. The van der Waals surface area contributed by atoms with Crippen LogP contribution in [0, 0.1) is 0 Å². The van der Waals surface area contributed by atoms with Crippen molar-refractivity contribution in [3.8, 4) is 0 Å². The van der Waals surface area contributed by atoms with Crippen LogP contribution < -0.4 is 10.6 Å². The zero-order valence-corrected chi connectivity index (χ0v) is 14.1. The smallest absolute Gasteiger partial charge is 0.276 e. The molecule has 6 heteroatoms. The molecule has 1 aromatic carbocycles. The Kier molecular flexibility index (Phi) is 6.19. The van der Waals surface area contributed by atoms with E-state index in [-0.39, 0.29) is 18.3 Å². The molecule has 23 heavy (non-hydrogen) atoms. The summed E-state index contributed by atoms with van der Waals surface area (Å²) in [5.74, 6) is -0.150. The Morgan fingerprint density at radius 2 is 2.22 bits per heavy atom. The van der Waals surface area contributed by atoms with Crippen LogP contribution in [0.2, 0.25) is 0 Å². The number of carbonyl (C=O) groups is 1. The molecule has 1 aliphatic rings. The first-order valence-electron chi connectivity index (χ1n) is 7.93. The van der Waals surface area contributed by atoms with Crippen LogP contribution in [0.1, 0.15) is 41.9 Å². The molecule has 124 valence electrons. The van der Waals surface area contributed by atoms with E-state index in [1.54, 1.807) is 6.07 Å². The van der Waals surface area contributed by atoms with E-state index < -0.39 is 0 Å². The van der Waals surface area contributed by atoms with Crippen molar-refractivity contribution in [1.29, 1.82) is 0 Å². The molecule has 2 aromatic rings. The summed E-state index contributed by atoms with van der Waals surface area (Å²) in [5.41, 5.74) is 2.46. The topological polar surface area (TPSA) is 59.0 Å². The Hall–Kier alpha value is -1.85. The Bertz CT molecular complexity index is 650. The summed E-state index contributed by atoms with van der Waals surface area (Å²) in [5, 5.41) is 10.8. The molecule has 1 aromatic heterocycles. The van der Waals surface area contributed by atoms with Crippen LogP contribution in [0.25, 0.3) is 0 Å². The van der Waals surface area contributed by atoms with Crippen molar-refractivity contribution < 1.29 is 4.79 Å². The summed E-state index contributed by atoms with van der Waals surface area (Å²) >= 11 is 0. The van der Waals surface area contributed by atoms with Gasteiger partial charge in [-0.05, 0) is 43.5 Å². The molecule has 0 saturated carbocycles. The average molecular weight is 335 g/mol. The number of aryl methyl sites for hydroxylation is 1. The highest BCUT2D eigenvalue weighted by Crippen LogP contribution is 2.18. The molecule has 2 N–H and O–H groups in total. The van der Waals surface area contributed by atoms with E-state index in [4.69, 9.17) is 0 Å². The van der Waals surface area contributed by atoms with E-state index in [9.17, 15) is 4.79 Å². The second-order valence-corrected chi connectivity index (χ2v) is 5.65. The van der Waals surface area contributed by atoms with Crippen LogP contribution in [-0.2, 0) is 6.42 Å².